The number of benzene rings is 2. The van der Waals surface area contributed by atoms with E-state index in [1.807, 2.05) is 0 Å². The molecule has 0 aliphatic heterocycles. The highest BCUT2D eigenvalue weighted by Gasteiger charge is 2.15. The molecule has 0 radical (unpaired) electrons. The molecule has 0 bridgehead atoms. The summed E-state index contributed by atoms with van der Waals surface area (Å²) in [6.45, 7) is 8.51. The van der Waals surface area contributed by atoms with E-state index in [0.29, 0.717) is 11.3 Å². The van der Waals surface area contributed by atoms with Crippen molar-refractivity contribution in [3.8, 4) is 23.3 Å². The molecule has 0 aliphatic carbocycles. The smallest absolute Gasteiger partial charge is 0.353 e. The van der Waals surface area contributed by atoms with E-state index in [1.54, 1.807) is 6.92 Å². The number of rotatable bonds is 6. The van der Waals surface area contributed by atoms with Gasteiger partial charge in [-0.2, -0.15) is 4.98 Å². The van der Waals surface area contributed by atoms with Gasteiger partial charge in [0.2, 0.25) is 11.8 Å². The Morgan fingerprint density at radius 1 is 1.17 bits per heavy atom. The Morgan fingerprint density at radius 2 is 1.87 bits per heavy atom. The molecule has 0 N–H and O–H groups in total. The summed E-state index contributed by atoms with van der Waals surface area (Å²) >= 11 is 0. The number of nitrogens with zero attached hydrogens (tertiary/aromatic N) is 3. The summed E-state index contributed by atoms with van der Waals surface area (Å²) in [4.78, 5) is 18.8. The van der Waals surface area contributed by atoms with E-state index in [4.69, 9.17) is 20.8 Å². The van der Waals surface area contributed by atoms with Crippen LogP contribution >= 0.6 is 0 Å². The summed E-state index contributed by atoms with van der Waals surface area (Å²) in [7, 11) is 2.87. The maximum atomic E-state index is 14.4. The molecule has 2 aromatic carbocycles. The molecule has 0 saturated carbocycles. The van der Waals surface area contributed by atoms with E-state index < -0.39 is 23.1 Å². The van der Waals surface area contributed by atoms with Gasteiger partial charge in [-0.25, -0.2) is 18.4 Å². The van der Waals surface area contributed by atoms with Gasteiger partial charge in [0.1, 0.15) is 12.4 Å². The Bertz CT molecular complexity index is 1180. The standard InChI is InChI=1S/C21H17F2N3O4/c1-12-7-14(5-6-17(12)24-2)30-20-15(22)8-13(9-16(20)23)11-29-18-10-19(28-4)26(3)21(27)25-18/h5-10H,11H2,1,3-4H3. The quantitative estimate of drug-likeness (QED) is 0.564. The zero-order valence-electron chi connectivity index (χ0n) is 16.4. The Kier molecular flexibility index (Phi) is 5.97. The highest BCUT2D eigenvalue weighted by atomic mass is 19.1. The van der Waals surface area contributed by atoms with Gasteiger partial charge in [0.15, 0.2) is 23.1 Å². The second-order valence-electron chi connectivity index (χ2n) is 6.32. The first-order chi connectivity index (χ1) is 14.3. The van der Waals surface area contributed by atoms with Crippen LogP contribution in [0.25, 0.3) is 4.85 Å². The summed E-state index contributed by atoms with van der Waals surface area (Å²) in [5.74, 6) is -2.01. The number of methoxy groups -OCH3 is 1. The van der Waals surface area contributed by atoms with Gasteiger partial charge in [-0.1, -0.05) is 6.07 Å². The molecule has 0 spiro atoms. The van der Waals surface area contributed by atoms with Crippen LogP contribution in [0, 0.1) is 25.1 Å². The number of aryl methyl sites for hydroxylation is 1. The molecule has 9 heteroatoms. The van der Waals surface area contributed by atoms with E-state index in [0.717, 1.165) is 12.1 Å². The Labute approximate surface area is 170 Å². The van der Waals surface area contributed by atoms with E-state index in [9.17, 15) is 13.6 Å². The summed E-state index contributed by atoms with van der Waals surface area (Å²) < 4.78 is 45.8. The second kappa shape index (κ2) is 8.61. The fourth-order valence-electron chi connectivity index (χ4n) is 2.65. The summed E-state index contributed by atoms with van der Waals surface area (Å²) in [6.07, 6.45) is 0. The molecule has 3 rings (SSSR count). The summed E-state index contributed by atoms with van der Waals surface area (Å²) in [6, 6.07) is 8.03. The third-order valence-corrected chi connectivity index (χ3v) is 4.23. The van der Waals surface area contributed by atoms with Gasteiger partial charge in [-0.3, -0.25) is 4.57 Å². The van der Waals surface area contributed by atoms with Crippen LogP contribution in [-0.2, 0) is 13.7 Å². The molecular weight excluding hydrogens is 396 g/mol. The van der Waals surface area contributed by atoms with Gasteiger partial charge in [-0.15, -0.1) is 0 Å². The van der Waals surface area contributed by atoms with Crippen molar-refractivity contribution < 1.29 is 23.0 Å². The van der Waals surface area contributed by atoms with Crippen molar-refractivity contribution in [1.29, 1.82) is 0 Å². The Balaban J connectivity index is 1.78. The first kappa shape index (κ1) is 20.8. The SMILES string of the molecule is [C-]#[N+]c1ccc(Oc2c(F)cc(COc3cc(OC)n(C)c(=O)n3)cc2F)cc1C. The van der Waals surface area contributed by atoms with Crippen LogP contribution in [0.3, 0.4) is 0 Å². The lowest BCUT2D eigenvalue weighted by atomic mass is 10.2. The maximum Gasteiger partial charge on any atom is 0.353 e. The van der Waals surface area contributed by atoms with E-state index in [-0.39, 0.29) is 29.7 Å². The summed E-state index contributed by atoms with van der Waals surface area (Å²) in [5.41, 5.74) is 0.644. The van der Waals surface area contributed by atoms with Crippen molar-refractivity contribution in [2.75, 3.05) is 7.11 Å². The molecule has 0 atom stereocenters. The lowest BCUT2D eigenvalue weighted by molar-refractivity contribution is 0.283. The van der Waals surface area contributed by atoms with Gasteiger partial charge in [0, 0.05) is 7.05 Å². The number of hydrogen-bond acceptors (Lipinski definition) is 5. The second-order valence-corrected chi connectivity index (χ2v) is 6.32. The number of hydrogen-bond donors (Lipinski definition) is 0. The average Bonchev–Trinajstić information content (AvgIpc) is 2.71. The predicted molar refractivity (Wildman–Crippen MR) is 104 cm³/mol. The van der Waals surface area contributed by atoms with Gasteiger partial charge in [0.25, 0.3) is 0 Å². The lowest BCUT2D eigenvalue weighted by Gasteiger charge is -2.12. The minimum Gasteiger partial charge on any atom is -0.482 e. The molecule has 7 nitrogen and oxygen atoms in total. The van der Waals surface area contributed by atoms with Gasteiger partial charge in [-0.05, 0) is 42.3 Å². The van der Waals surface area contributed by atoms with Crippen LogP contribution in [-0.4, -0.2) is 16.7 Å². The first-order valence-corrected chi connectivity index (χ1v) is 8.71. The van der Waals surface area contributed by atoms with Gasteiger partial charge >= 0.3 is 5.69 Å². The summed E-state index contributed by atoms with van der Waals surface area (Å²) in [5, 5.41) is 0. The molecule has 0 fully saturated rings. The average molecular weight is 413 g/mol. The van der Waals surface area contributed by atoms with Crippen molar-refractivity contribution in [3.05, 3.63) is 81.1 Å². The van der Waals surface area contributed by atoms with Gasteiger partial charge < -0.3 is 14.2 Å². The zero-order chi connectivity index (χ0) is 21.8. The van der Waals surface area contributed by atoms with Crippen LogP contribution in [0.15, 0.2) is 41.2 Å². The molecule has 0 saturated heterocycles. The van der Waals surface area contributed by atoms with Crippen molar-refractivity contribution in [3.63, 3.8) is 0 Å². The van der Waals surface area contributed by atoms with Crippen molar-refractivity contribution in [1.82, 2.24) is 9.55 Å². The number of ether oxygens (including phenoxy) is 3. The monoisotopic (exact) mass is 413 g/mol. The first-order valence-electron chi connectivity index (χ1n) is 8.71. The largest absolute Gasteiger partial charge is 0.482 e. The van der Waals surface area contributed by atoms with Crippen molar-refractivity contribution >= 4 is 5.69 Å². The van der Waals surface area contributed by atoms with Crippen molar-refractivity contribution in [2.45, 2.75) is 13.5 Å². The normalized spacial score (nSPS) is 10.4. The predicted octanol–water partition coefficient (Wildman–Crippen LogP) is 4.30. The number of halogens is 2. The van der Waals surface area contributed by atoms with E-state index in [2.05, 4.69) is 9.83 Å². The molecule has 30 heavy (non-hydrogen) atoms. The Hall–Kier alpha value is -3.93. The molecular formula is C21H17F2N3O4. The minimum absolute atomic E-state index is 0.0357. The molecule has 0 aliphatic rings. The van der Waals surface area contributed by atoms with Crippen LogP contribution in [0.2, 0.25) is 0 Å². The lowest BCUT2D eigenvalue weighted by Crippen LogP contribution is -2.21. The molecule has 0 amide bonds. The Morgan fingerprint density at radius 3 is 2.47 bits per heavy atom. The maximum absolute atomic E-state index is 14.4. The van der Waals surface area contributed by atoms with Crippen LogP contribution in [0.4, 0.5) is 14.5 Å². The topological polar surface area (TPSA) is 66.9 Å². The molecule has 1 aromatic heterocycles. The highest BCUT2D eigenvalue weighted by molar-refractivity contribution is 5.55. The zero-order valence-corrected chi connectivity index (χ0v) is 16.4. The van der Waals surface area contributed by atoms with Crippen LogP contribution < -0.4 is 19.9 Å². The number of aromatic nitrogens is 2. The van der Waals surface area contributed by atoms with E-state index in [1.165, 1.54) is 43.0 Å². The van der Waals surface area contributed by atoms with Crippen LogP contribution in [0.5, 0.6) is 23.3 Å². The highest BCUT2D eigenvalue weighted by Crippen LogP contribution is 2.31. The van der Waals surface area contributed by atoms with E-state index >= 15 is 0 Å². The molecule has 3 aromatic rings. The van der Waals surface area contributed by atoms with Gasteiger partial charge in [0.05, 0.1) is 19.7 Å². The molecule has 0 unspecified atom stereocenters. The minimum atomic E-state index is -0.921. The van der Waals surface area contributed by atoms with Crippen molar-refractivity contribution in [2.24, 2.45) is 7.05 Å². The third kappa shape index (κ3) is 4.38. The molecule has 154 valence electrons. The van der Waals surface area contributed by atoms with Crippen LogP contribution in [0.1, 0.15) is 11.1 Å². The fraction of sp³-hybridized carbons (Fsp3) is 0.190. The molecule has 1 heterocycles. The fourth-order valence-corrected chi connectivity index (χ4v) is 2.65. The third-order valence-electron chi connectivity index (χ3n) is 4.23.